The molecule has 6 heteroatoms. The minimum atomic E-state index is -1.02. The van der Waals surface area contributed by atoms with Crippen molar-refractivity contribution in [3.63, 3.8) is 0 Å². The Balaban J connectivity index is 2.69. The van der Waals surface area contributed by atoms with Crippen molar-refractivity contribution >= 4 is 17.8 Å². The van der Waals surface area contributed by atoms with Crippen LogP contribution in [0.3, 0.4) is 0 Å². The fraction of sp³-hybridized carbons (Fsp3) is 0.812. The smallest absolute Gasteiger partial charge is 0.326 e. The van der Waals surface area contributed by atoms with Gasteiger partial charge in [0.05, 0.1) is 0 Å². The maximum Gasteiger partial charge on any atom is 0.326 e. The summed E-state index contributed by atoms with van der Waals surface area (Å²) in [6, 6.07) is -0.881. The third-order valence-corrected chi connectivity index (χ3v) is 4.51. The number of hydrogen-bond donors (Lipinski definition) is 2. The predicted molar refractivity (Wildman–Crippen MR) is 83.3 cm³/mol. The first-order valence-corrected chi connectivity index (χ1v) is 8.02. The molecule has 0 saturated heterocycles. The summed E-state index contributed by atoms with van der Waals surface area (Å²) in [5, 5.41) is 11.8. The Morgan fingerprint density at radius 2 is 1.82 bits per heavy atom. The molecule has 2 N–H and O–H groups in total. The minimum absolute atomic E-state index is 0.0280. The van der Waals surface area contributed by atoms with Crippen molar-refractivity contribution in [2.75, 3.05) is 13.1 Å². The van der Waals surface area contributed by atoms with E-state index < -0.39 is 12.0 Å². The molecule has 2 amide bonds. The largest absolute Gasteiger partial charge is 0.480 e. The van der Waals surface area contributed by atoms with Crippen molar-refractivity contribution in [1.29, 1.82) is 0 Å². The lowest BCUT2D eigenvalue weighted by Crippen LogP contribution is -2.48. The highest BCUT2D eigenvalue weighted by Gasteiger charge is 2.33. The molecule has 126 valence electrons. The fourth-order valence-electron chi connectivity index (χ4n) is 3.07. The van der Waals surface area contributed by atoms with Crippen molar-refractivity contribution in [1.82, 2.24) is 10.2 Å². The minimum Gasteiger partial charge on any atom is -0.480 e. The van der Waals surface area contributed by atoms with Gasteiger partial charge in [-0.3, -0.25) is 9.59 Å². The van der Waals surface area contributed by atoms with Crippen LogP contribution in [0.25, 0.3) is 0 Å². The molecule has 0 aromatic rings. The van der Waals surface area contributed by atoms with E-state index in [1.807, 2.05) is 0 Å². The first-order chi connectivity index (χ1) is 10.2. The molecule has 0 aliphatic heterocycles. The van der Waals surface area contributed by atoms with E-state index in [1.165, 1.54) is 25.2 Å². The third kappa shape index (κ3) is 5.66. The number of hydrogen-bond acceptors (Lipinski definition) is 3. The molecule has 22 heavy (non-hydrogen) atoms. The molecule has 0 aromatic carbocycles. The standard InChI is InChI=1S/C16H28N2O4/c1-12(15(21)22)18(10-9-17-13(2)19)14(20)11-16(3)7-5-4-6-8-16/h12H,4-11H2,1-3H3,(H,17,19)(H,21,22). The zero-order valence-corrected chi connectivity index (χ0v) is 13.9. The second-order valence-corrected chi connectivity index (χ2v) is 6.63. The normalized spacial score (nSPS) is 18.3. The first-order valence-electron chi connectivity index (χ1n) is 8.02. The zero-order chi connectivity index (χ0) is 16.8. The maximum atomic E-state index is 12.6. The number of aliphatic carboxylic acids is 1. The summed E-state index contributed by atoms with van der Waals surface area (Å²) < 4.78 is 0. The summed E-state index contributed by atoms with van der Waals surface area (Å²) in [7, 11) is 0. The molecule has 1 atom stereocenters. The number of carbonyl (C=O) groups is 3. The van der Waals surface area contributed by atoms with E-state index in [-0.39, 0.29) is 30.3 Å². The van der Waals surface area contributed by atoms with E-state index in [4.69, 9.17) is 0 Å². The second kappa shape index (κ2) is 8.15. The van der Waals surface area contributed by atoms with E-state index in [0.717, 1.165) is 25.7 Å². The van der Waals surface area contributed by atoms with Crippen LogP contribution in [0.15, 0.2) is 0 Å². The number of carboxylic acids is 1. The Kier molecular flexibility index (Phi) is 6.84. The lowest BCUT2D eigenvalue weighted by Gasteiger charge is -2.36. The lowest BCUT2D eigenvalue weighted by atomic mass is 9.73. The Labute approximate surface area is 132 Å². The number of carbonyl (C=O) groups excluding carboxylic acids is 2. The van der Waals surface area contributed by atoms with Gasteiger partial charge >= 0.3 is 5.97 Å². The van der Waals surface area contributed by atoms with Gasteiger partial charge in [0.15, 0.2) is 0 Å². The van der Waals surface area contributed by atoms with Crippen LogP contribution in [0, 0.1) is 5.41 Å². The summed E-state index contributed by atoms with van der Waals surface area (Å²) >= 11 is 0. The molecule has 1 unspecified atom stereocenters. The highest BCUT2D eigenvalue weighted by Crippen LogP contribution is 2.39. The van der Waals surface area contributed by atoms with E-state index in [0.29, 0.717) is 6.42 Å². The zero-order valence-electron chi connectivity index (χ0n) is 13.9. The van der Waals surface area contributed by atoms with Gasteiger partial charge in [-0.15, -0.1) is 0 Å². The van der Waals surface area contributed by atoms with Gasteiger partial charge < -0.3 is 15.3 Å². The molecular weight excluding hydrogens is 284 g/mol. The van der Waals surface area contributed by atoms with Gasteiger partial charge in [0.2, 0.25) is 11.8 Å². The van der Waals surface area contributed by atoms with Crippen LogP contribution in [0.4, 0.5) is 0 Å². The van der Waals surface area contributed by atoms with E-state index in [2.05, 4.69) is 12.2 Å². The fourth-order valence-corrected chi connectivity index (χ4v) is 3.07. The molecule has 1 saturated carbocycles. The monoisotopic (exact) mass is 312 g/mol. The predicted octanol–water partition coefficient (Wildman–Crippen LogP) is 1.78. The molecule has 0 bridgehead atoms. The molecular formula is C16H28N2O4. The molecule has 1 fully saturated rings. The Bertz CT molecular complexity index is 416. The quantitative estimate of drug-likeness (QED) is 0.750. The molecule has 1 aliphatic carbocycles. The molecule has 0 spiro atoms. The van der Waals surface area contributed by atoms with Crippen molar-refractivity contribution in [2.45, 2.75) is 65.3 Å². The SMILES string of the molecule is CC(=O)NCCN(C(=O)CC1(C)CCCCC1)C(C)C(=O)O. The van der Waals surface area contributed by atoms with Gasteiger partial charge in [-0.1, -0.05) is 26.2 Å². The van der Waals surface area contributed by atoms with Crippen molar-refractivity contribution in [2.24, 2.45) is 5.41 Å². The number of rotatable bonds is 7. The van der Waals surface area contributed by atoms with Crippen LogP contribution in [-0.4, -0.2) is 46.9 Å². The Hall–Kier alpha value is -1.59. The van der Waals surface area contributed by atoms with E-state index in [1.54, 1.807) is 0 Å². The van der Waals surface area contributed by atoms with Crippen LogP contribution >= 0.6 is 0 Å². The van der Waals surface area contributed by atoms with Crippen LogP contribution < -0.4 is 5.32 Å². The maximum absolute atomic E-state index is 12.6. The Morgan fingerprint density at radius 3 is 2.32 bits per heavy atom. The van der Waals surface area contributed by atoms with Gasteiger partial charge in [-0.2, -0.15) is 0 Å². The summed E-state index contributed by atoms with van der Waals surface area (Å²) in [4.78, 5) is 36.1. The van der Waals surface area contributed by atoms with Crippen molar-refractivity contribution in [3.8, 4) is 0 Å². The molecule has 0 heterocycles. The Morgan fingerprint density at radius 1 is 1.23 bits per heavy atom. The van der Waals surface area contributed by atoms with Crippen molar-refractivity contribution < 1.29 is 19.5 Å². The van der Waals surface area contributed by atoms with Crippen LogP contribution in [0.5, 0.6) is 0 Å². The van der Waals surface area contributed by atoms with Crippen LogP contribution in [-0.2, 0) is 14.4 Å². The molecule has 0 aromatic heterocycles. The average molecular weight is 312 g/mol. The number of carboxylic acid groups (broad SMARTS) is 1. The second-order valence-electron chi connectivity index (χ2n) is 6.63. The topological polar surface area (TPSA) is 86.7 Å². The summed E-state index contributed by atoms with van der Waals surface area (Å²) in [6.45, 7) is 5.52. The highest BCUT2D eigenvalue weighted by molar-refractivity contribution is 5.83. The molecule has 1 aliphatic rings. The van der Waals surface area contributed by atoms with Crippen LogP contribution in [0.2, 0.25) is 0 Å². The lowest BCUT2D eigenvalue weighted by molar-refractivity contribution is -0.150. The molecule has 6 nitrogen and oxygen atoms in total. The van der Waals surface area contributed by atoms with E-state index >= 15 is 0 Å². The van der Waals surface area contributed by atoms with Gasteiger partial charge in [-0.05, 0) is 25.2 Å². The van der Waals surface area contributed by atoms with E-state index in [9.17, 15) is 19.5 Å². The highest BCUT2D eigenvalue weighted by atomic mass is 16.4. The van der Waals surface area contributed by atoms with Crippen LogP contribution in [0.1, 0.15) is 59.3 Å². The molecule has 1 rings (SSSR count). The van der Waals surface area contributed by atoms with Gasteiger partial charge in [0, 0.05) is 26.4 Å². The van der Waals surface area contributed by atoms with Gasteiger partial charge in [-0.25, -0.2) is 4.79 Å². The summed E-state index contributed by atoms with van der Waals surface area (Å²) in [5.41, 5.74) is -0.0280. The van der Waals surface area contributed by atoms with Crippen molar-refractivity contribution in [3.05, 3.63) is 0 Å². The summed E-state index contributed by atoms with van der Waals surface area (Å²) in [5.74, 6) is -1.34. The average Bonchev–Trinajstić information content (AvgIpc) is 2.42. The third-order valence-electron chi connectivity index (χ3n) is 4.51. The summed E-state index contributed by atoms with van der Waals surface area (Å²) in [6.07, 6.45) is 5.88. The van der Waals surface area contributed by atoms with Gasteiger partial charge in [0.1, 0.15) is 6.04 Å². The molecule has 0 radical (unpaired) electrons. The first kappa shape index (κ1) is 18.5. The number of nitrogens with zero attached hydrogens (tertiary/aromatic N) is 1. The number of amides is 2. The number of nitrogens with one attached hydrogen (secondary N) is 1. The van der Waals surface area contributed by atoms with Gasteiger partial charge in [0.25, 0.3) is 0 Å².